The minimum Gasteiger partial charge on any atom is -0.480 e. The Morgan fingerprint density at radius 3 is 2.57 bits per heavy atom. The summed E-state index contributed by atoms with van der Waals surface area (Å²) in [7, 11) is 0. The van der Waals surface area contributed by atoms with Crippen molar-refractivity contribution in [2.24, 2.45) is 0 Å². The molecule has 0 fully saturated rings. The number of hydrogen-bond donors (Lipinski definition) is 2. The van der Waals surface area contributed by atoms with E-state index in [1.807, 2.05) is 12.1 Å². The molecule has 28 heavy (non-hydrogen) atoms. The van der Waals surface area contributed by atoms with Crippen molar-refractivity contribution in [1.82, 2.24) is 9.55 Å². The van der Waals surface area contributed by atoms with Crippen LogP contribution in [0.2, 0.25) is 10.0 Å². The van der Waals surface area contributed by atoms with Crippen molar-refractivity contribution < 1.29 is 9.90 Å². The van der Waals surface area contributed by atoms with E-state index in [1.165, 1.54) is 0 Å². The van der Waals surface area contributed by atoms with Gasteiger partial charge in [0.1, 0.15) is 12.1 Å². The Hall–Kier alpha value is -1.76. The second-order valence-electron chi connectivity index (χ2n) is 6.51. The first-order valence-corrected chi connectivity index (χ1v) is 10.5. The van der Waals surface area contributed by atoms with Gasteiger partial charge in [0.15, 0.2) is 0 Å². The molecule has 0 atom stereocenters. The summed E-state index contributed by atoms with van der Waals surface area (Å²) in [5.74, 6) is -0.243. The number of anilines is 2. The van der Waals surface area contributed by atoms with E-state index in [9.17, 15) is 9.90 Å². The summed E-state index contributed by atoms with van der Waals surface area (Å²) < 4.78 is 2.43. The molecule has 0 spiro atoms. The molecule has 3 rings (SSSR count). The highest BCUT2D eigenvalue weighted by Crippen LogP contribution is 2.37. The van der Waals surface area contributed by atoms with Gasteiger partial charge in [-0.3, -0.25) is 9.36 Å². The van der Waals surface area contributed by atoms with Crippen molar-refractivity contribution in [3.05, 3.63) is 50.4 Å². The van der Waals surface area contributed by atoms with Gasteiger partial charge in [-0.05, 0) is 64.5 Å². The second kappa shape index (κ2) is 8.72. The average molecular weight is 485 g/mol. The Balaban J connectivity index is 2.23. The molecule has 1 aromatic heterocycles. The van der Waals surface area contributed by atoms with Crippen LogP contribution < -0.4 is 5.32 Å². The molecule has 2 aromatic carbocycles. The number of carboxylic acids is 1. The van der Waals surface area contributed by atoms with Gasteiger partial charge in [-0.2, -0.15) is 0 Å². The van der Waals surface area contributed by atoms with Crippen molar-refractivity contribution in [3.8, 4) is 0 Å². The topological polar surface area (TPSA) is 67.2 Å². The Labute approximate surface area is 181 Å². The molecule has 0 aliphatic carbocycles. The Morgan fingerprint density at radius 1 is 1.25 bits per heavy atom. The van der Waals surface area contributed by atoms with E-state index in [-0.39, 0.29) is 6.54 Å². The molecule has 148 valence electrons. The van der Waals surface area contributed by atoms with Crippen LogP contribution in [0.3, 0.4) is 0 Å². The first kappa shape index (κ1) is 21.0. The van der Waals surface area contributed by atoms with Gasteiger partial charge in [-0.25, -0.2) is 4.98 Å². The first-order chi connectivity index (χ1) is 13.3. The van der Waals surface area contributed by atoms with Crippen molar-refractivity contribution in [2.75, 3.05) is 5.32 Å². The number of halogens is 3. The highest BCUT2D eigenvalue weighted by molar-refractivity contribution is 9.10. The summed E-state index contributed by atoms with van der Waals surface area (Å²) in [5.41, 5.74) is 3.14. The van der Waals surface area contributed by atoms with E-state index in [2.05, 4.69) is 40.1 Å². The lowest BCUT2D eigenvalue weighted by atomic mass is 9.93. The summed E-state index contributed by atoms with van der Waals surface area (Å²) in [4.78, 5) is 16.2. The predicted octanol–water partition coefficient (Wildman–Crippen LogP) is 6.84. The van der Waals surface area contributed by atoms with E-state index in [4.69, 9.17) is 23.2 Å². The van der Waals surface area contributed by atoms with Crippen molar-refractivity contribution >= 4 is 67.8 Å². The fourth-order valence-electron chi connectivity index (χ4n) is 3.39. The van der Waals surface area contributed by atoms with Gasteiger partial charge in [0.25, 0.3) is 0 Å². The van der Waals surface area contributed by atoms with Crippen LogP contribution in [0.25, 0.3) is 11.0 Å². The highest BCUT2D eigenvalue weighted by Gasteiger charge is 2.22. The minimum absolute atomic E-state index is 0.225. The zero-order valence-corrected chi connectivity index (χ0v) is 18.6. The van der Waals surface area contributed by atoms with Crippen LogP contribution in [0.1, 0.15) is 38.2 Å². The minimum atomic E-state index is -0.951. The van der Waals surface area contributed by atoms with Crippen molar-refractivity contribution in [2.45, 2.75) is 39.2 Å². The molecular weight excluding hydrogens is 465 g/mol. The predicted molar refractivity (Wildman–Crippen MR) is 118 cm³/mol. The number of nitrogens with zero attached hydrogens (tertiary/aromatic N) is 2. The van der Waals surface area contributed by atoms with Crippen LogP contribution in [0.4, 0.5) is 11.6 Å². The summed E-state index contributed by atoms with van der Waals surface area (Å²) in [5, 5.41) is 13.8. The number of fused-ring (bicyclic) bond motifs is 1. The number of benzene rings is 2. The fraction of sp³-hybridized carbons (Fsp3) is 0.300. The van der Waals surface area contributed by atoms with Gasteiger partial charge >= 0.3 is 5.97 Å². The fourth-order valence-corrected chi connectivity index (χ4v) is 4.36. The number of hydrogen-bond acceptors (Lipinski definition) is 3. The van der Waals surface area contributed by atoms with E-state index >= 15 is 0 Å². The Bertz CT molecular complexity index is 1030. The maximum Gasteiger partial charge on any atom is 0.323 e. The third-order valence-electron chi connectivity index (χ3n) is 4.77. The first-order valence-electron chi connectivity index (χ1n) is 8.98. The molecule has 2 N–H and O–H groups in total. The average Bonchev–Trinajstić information content (AvgIpc) is 2.99. The largest absolute Gasteiger partial charge is 0.480 e. The lowest BCUT2D eigenvalue weighted by molar-refractivity contribution is -0.137. The number of carbonyl (C=O) groups is 1. The van der Waals surface area contributed by atoms with Crippen LogP contribution in [-0.2, 0) is 11.3 Å². The smallest absolute Gasteiger partial charge is 0.323 e. The zero-order chi connectivity index (χ0) is 20.4. The summed E-state index contributed by atoms with van der Waals surface area (Å²) >= 11 is 15.9. The maximum atomic E-state index is 11.6. The quantitative estimate of drug-likeness (QED) is 0.385. The number of rotatable bonds is 7. The van der Waals surface area contributed by atoms with Gasteiger partial charge in [-0.1, -0.05) is 43.1 Å². The molecule has 0 aliphatic heterocycles. The Kier molecular flexibility index (Phi) is 6.53. The SMILES string of the molecule is CCC(CC)c1ccc(Cl)c2nc(Nc3ccc(Cl)cc3Br)n(CC(=O)O)c12. The normalized spacial score (nSPS) is 11.4. The van der Waals surface area contributed by atoms with E-state index < -0.39 is 5.97 Å². The molecule has 0 saturated heterocycles. The molecule has 0 saturated carbocycles. The number of imidazole rings is 1. The summed E-state index contributed by atoms with van der Waals surface area (Å²) in [6.07, 6.45) is 1.88. The Morgan fingerprint density at radius 2 is 1.96 bits per heavy atom. The number of aliphatic carboxylic acids is 1. The molecular formula is C20H20BrCl2N3O2. The molecule has 0 amide bonds. The van der Waals surface area contributed by atoms with E-state index in [1.54, 1.807) is 22.8 Å². The molecule has 1 heterocycles. The number of aromatic nitrogens is 2. The molecule has 0 radical (unpaired) electrons. The lowest BCUT2D eigenvalue weighted by Crippen LogP contribution is -2.13. The third kappa shape index (κ3) is 4.14. The van der Waals surface area contributed by atoms with E-state index in [0.717, 1.165) is 34.1 Å². The molecule has 0 unspecified atom stereocenters. The van der Waals surface area contributed by atoms with Crippen LogP contribution in [-0.4, -0.2) is 20.6 Å². The maximum absolute atomic E-state index is 11.6. The highest BCUT2D eigenvalue weighted by atomic mass is 79.9. The van der Waals surface area contributed by atoms with Gasteiger partial charge in [0, 0.05) is 9.50 Å². The number of nitrogens with one attached hydrogen (secondary N) is 1. The van der Waals surface area contributed by atoms with Crippen LogP contribution >= 0.6 is 39.1 Å². The molecule has 0 aliphatic rings. The van der Waals surface area contributed by atoms with Crippen LogP contribution in [0.5, 0.6) is 0 Å². The van der Waals surface area contributed by atoms with Gasteiger partial charge in [0.05, 0.1) is 16.2 Å². The standard InChI is InChI=1S/C20H20BrCl2N3O2/c1-3-11(4-2)13-6-7-15(23)18-19(13)26(10-17(27)28)20(25-18)24-16-8-5-12(22)9-14(16)21/h5-9,11H,3-4,10H2,1-2H3,(H,24,25)(H,27,28). The monoisotopic (exact) mass is 483 g/mol. The molecule has 3 aromatic rings. The zero-order valence-electron chi connectivity index (χ0n) is 15.5. The van der Waals surface area contributed by atoms with Gasteiger partial charge < -0.3 is 10.4 Å². The third-order valence-corrected chi connectivity index (χ3v) is 5.97. The van der Waals surface area contributed by atoms with Gasteiger partial charge in [0.2, 0.25) is 5.95 Å². The van der Waals surface area contributed by atoms with Crippen molar-refractivity contribution in [3.63, 3.8) is 0 Å². The molecule has 5 nitrogen and oxygen atoms in total. The summed E-state index contributed by atoms with van der Waals surface area (Å²) in [6, 6.07) is 9.13. The summed E-state index contributed by atoms with van der Waals surface area (Å²) in [6.45, 7) is 4.02. The van der Waals surface area contributed by atoms with Crippen molar-refractivity contribution in [1.29, 1.82) is 0 Å². The van der Waals surface area contributed by atoms with E-state index in [0.29, 0.717) is 27.4 Å². The van der Waals surface area contributed by atoms with Crippen LogP contribution in [0, 0.1) is 0 Å². The van der Waals surface area contributed by atoms with Gasteiger partial charge in [-0.15, -0.1) is 0 Å². The molecule has 0 bridgehead atoms. The number of carboxylic acid groups (broad SMARTS) is 1. The molecule has 8 heteroatoms. The second-order valence-corrected chi connectivity index (χ2v) is 8.21. The lowest BCUT2D eigenvalue weighted by Gasteiger charge is -2.17. The van der Waals surface area contributed by atoms with Crippen LogP contribution in [0.15, 0.2) is 34.8 Å².